The van der Waals surface area contributed by atoms with E-state index in [-0.39, 0.29) is 24.6 Å². The van der Waals surface area contributed by atoms with Gasteiger partial charge in [0.1, 0.15) is 0 Å². The molecule has 1 saturated carbocycles. The smallest absolute Gasteiger partial charge is 0.234 e. The number of nitrogens with one attached hydrogen (secondary N) is 2. The zero-order valence-electron chi connectivity index (χ0n) is 12.7. The molecular weight excluding hydrogens is 284 g/mol. The Bertz CT molecular complexity index is 429. The van der Waals surface area contributed by atoms with Gasteiger partial charge in [-0.15, -0.1) is 11.3 Å². The van der Waals surface area contributed by atoms with Gasteiger partial charge in [0.25, 0.3) is 0 Å². The molecule has 0 aromatic carbocycles. The molecule has 1 heterocycles. The molecule has 2 rings (SSSR count). The molecule has 1 aliphatic rings. The summed E-state index contributed by atoms with van der Waals surface area (Å²) in [6.07, 6.45) is 6.03. The first-order valence-electron chi connectivity index (χ1n) is 7.79. The number of aliphatic hydroxyl groups is 1. The van der Waals surface area contributed by atoms with Crippen LogP contribution in [0.25, 0.3) is 0 Å². The fourth-order valence-corrected chi connectivity index (χ4v) is 3.66. The number of hydrogen-bond donors (Lipinski definition) is 3. The average molecular weight is 310 g/mol. The standard InChI is InChI=1S/C16H26N2O2S/c1-16(12-19,13-6-3-2-4-7-13)18-11-15(20)17-10-14-8-5-9-21-14/h5,8-9,13,18-19H,2-4,6-7,10-12H2,1H3,(H,17,20)/t16-/m0/s1. The second kappa shape index (κ2) is 7.92. The summed E-state index contributed by atoms with van der Waals surface area (Å²) in [6, 6.07) is 3.99. The van der Waals surface area contributed by atoms with Crippen molar-refractivity contribution in [3.63, 3.8) is 0 Å². The van der Waals surface area contributed by atoms with Crippen LogP contribution in [0.15, 0.2) is 17.5 Å². The minimum Gasteiger partial charge on any atom is -0.394 e. The highest BCUT2D eigenvalue weighted by Crippen LogP contribution is 2.32. The molecule has 5 heteroatoms. The second-order valence-electron chi connectivity index (χ2n) is 6.12. The Kier molecular flexibility index (Phi) is 6.21. The SMILES string of the molecule is C[C@@](CO)(NCC(=O)NCc1cccs1)C1CCCCC1. The predicted molar refractivity (Wildman–Crippen MR) is 86.2 cm³/mol. The van der Waals surface area contributed by atoms with Crippen LogP contribution in [-0.4, -0.2) is 29.7 Å². The lowest BCUT2D eigenvalue weighted by Crippen LogP contribution is -2.55. The van der Waals surface area contributed by atoms with Crippen LogP contribution in [0.3, 0.4) is 0 Å². The Hall–Kier alpha value is -0.910. The van der Waals surface area contributed by atoms with E-state index in [9.17, 15) is 9.90 Å². The third-order valence-electron chi connectivity index (χ3n) is 4.53. The van der Waals surface area contributed by atoms with Crippen molar-refractivity contribution in [1.82, 2.24) is 10.6 Å². The van der Waals surface area contributed by atoms with Crippen molar-refractivity contribution >= 4 is 17.2 Å². The molecule has 1 aliphatic carbocycles. The van der Waals surface area contributed by atoms with E-state index in [0.29, 0.717) is 12.5 Å². The molecule has 0 bridgehead atoms. The van der Waals surface area contributed by atoms with Crippen LogP contribution in [0.5, 0.6) is 0 Å². The van der Waals surface area contributed by atoms with Crippen molar-refractivity contribution in [3.05, 3.63) is 22.4 Å². The molecule has 1 fully saturated rings. The van der Waals surface area contributed by atoms with Crippen molar-refractivity contribution in [2.24, 2.45) is 5.92 Å². The first-order valence-corrected chi connectivity index (χ1v) is 8.67. The van der Waals surface area contributed by atoms with Gasteiger partial charge >= 0.3 is 0 Å². The molecule has 21 heavy (non-hydrogen) atoms. The van der Waals surface area contributed by atoms with E-state index < -0.39 is 0 Å². The lowest BCUT2D eigenvalue weighted by atomic mass is 9.76. The van der Waals surface area contributed by atoms with Crippen LogP contribution in [0.2, 0.25) is 0 Å². The molecule has 1 aromatic rings. The number of amides is 1. The molecule has 0 radical (unpaired) electrons. The van der Waals surface area contributed by atoms with Crippen LogP contribution < -0.4 is 10.6 Å². The van der Waals surface area contributed by atoms with E-state index in [1.54, 1.807) is 11.3 Å². The van der Waals surface area contributed by atoms with Gasteiger partial charge in [-0.2, -0.15) is 0 Å². The van der Waals surface area contributed by atoms with Crippen molar-refractivity contribution < 1.29 is 9.90 Å². The number of rotatable bonds is 7. The third-order valence-corrected chi connectivity index (χ3v) is 5.40. The van der Waals surface area contributed by atoms with Gasteiger partial charge < -0.3 is 15.7 Å². The Labute approximate surface area is 131 Å². The van der Waals surface area contributed by atoms with E-state index in [1.807, 2.05) is 24.4 Å². The predicted octanol–water partition coefficient (Wildman–Crippen LogP) is 2.29. The van der Waals surface area contributed by atoms with Crippen molar-refractivity contribution in [1.29, 1.82) is 0 Å². The van der Waals surface area contributed by atoms with Gasteiger partial charge in [-0.1, -0.05) is 25.3 Å². The van der Waals surface area contributed by atoms with Gasteiger partial charge in [0, 0.05) is 10.4 Å². The van der Waals surface area contributed by atoms with Crippen molar-refractivity contribution in [2.45, 2.75) is 51.1 Å². The fourth-order valence-electron chi connectivity index (χ4n) is 3.01. The van der Waals surface area contributed by atoms with Crippen molar-refractivity contribution in [3.8, 4) is 0 Å². The zero-order chi connectivity index (χ0) is 15.1. The quantitative estimate of drug-likeness (QED) is 0.724. The summed E-state index contributed by atoms with van der Waals surface area (Å²) in [5.41, 5.74) is -0.347. The van der Waals surface area contributed by atoms with E-state index in [4.69, 9.17) is 0 Å². The molecule has 3 N–H and O–H groups in total. The van der Waals surface area contributed by atoms with Gasteiger partial charge in [-0.25, -0.2) is 0 Å². The molecule has 0 unspecified atom stereocenters. The second-order valence-corrected chi connectivity index (χ2v) is 7.15. The van der Waals surface area contributed by atoms with Gasteiger partial charge in [-0.05, 0) is 37.1 Å². The van der Waals surface area contributed by atoms with Crippen LogP contribution >= 0.6 is 11.3 Å². The highest BCUT2D eigenvalue weighted by Gasteiger charge is 2.34. The first kappa shape index (κ1) is 16.5. The summed E-state index contributed by atoms with van der Waals surface area (Å²) in [6.45, 7) is 2.96. The minimum absolute atomic E-state index is 0.0149. The molecule has 118 valence electrons. The minimum atomic E-state index is -0.347. The average Bonchev–Trinajstić information content (AvgIpc) is 3.05. The summed E-state index contributed by atoms with van der Waals surface area (Å²) >= 11 is 1.64. The molecular formula is C16H26N2O2S. The number of aliphatic hydroxyl groups excluding tert-OH is 1. The largest absolute Gasteiger partial charge is 0.394 e. The lowest BCUT2D eigenvalue weighted by molar-refractivity contribution is -0.121. The van der Waals surface area contributed by atoms with E-state index in [0.717, 1.165) is 17.7 Å². The van der Waals surface area contributed by atoms with E-state index in [1.165, 1.54) is 19.3 Å². The fraction of sp³-hybridized carbons (Fsp3) is 0.688. The Morgan fingerprint density at radius 2 is 2.19 bits per heavy atom. The maximum Gasteiger partial charge on any atom is 0.234 e. The highest BCUT2D eigenvalue weighted by atomic mass is 32.1. The van der Waals surface area contributed by atoms with Crippen LogP contribution in [-0.2, 0) is 11.3 Å². The monoisotopic (exact) mass is 310 g/mol. The summed E-state index contributed by atoms with van der Waals surface area (Å²) in [7, 11) is 0. The first-order chi connectivity index (χ1) is 10.1. The van der Waals surface area contributed by atoms with Gasteiger partial charge in [0.2, 0.25) is 5.91 Å². The van der Waals surface area contributed by atoms with Crippen LogP contribution in [0.4, 0.5) is 0 Å². The van der Waals surface area contributed by atoms with Crippen molar-refractivity contribution in [2.75, 3.05) is 13.2 Å². The molecule has 0 aliphatic heterocycles. The topological polar surface area (TPSA) is 61.4 Å². The number of hydrogen-bond acceptors (Lipinski definition) is 4. The molecule has 0 spiro atoms. The molecule has 0 saturated heterocycles. The van der Waals surface area contributed by atoms with Gasteiger partial charge in [0.05, 0.1) is 19.7 Å². The molecule has 1 atom stereocenters. The number of carbonyl (C=O) groups is 1. The van der Waals surface area contributed by atoms with Gasteiger partial charge in [-0.3, -0.25) is 4.79 Å². The van der Waals surface area contributed by atoms with E-state index >= 15 is 0 Å². The van der Waals surface area contributed by atoms with E-state index in [2.05, 4.69) is 10.6 Å². The summed E-state index contributed by atoms with van der Waals surface area (Å²) in [4.78, 5) is 13.1. The number of thiophene rings is 1. The zero-order valence-corrected chi connectivity index (χ0v) is 13.5. The maximum atomic E-state index is 11.9. The van der Waals surface area contributed by atoms with Crippen LogP contribution in [0, 0.1) is 5.92 Å². The molecule has 1 aromatic heterocycles. The Morgan fingerprint density at radius 1 is 1.43 bits per heavy atom. The van der Waals surface area contributed by atoms with Gasteiger partial charge in [0.15, 0.2) is 0 Å². The Morgan fingerprint density at radius 3 is 2.81 bits per heavy atom. The molecule has 4 nitrogen and oxygen atoms in total. The lowest BCUT2D eigenvalue weighted by Gasteiger charge is -2.39. The highest BCUT2D eigenvalue weighted by molar-refractivity contribution is 7.09. The number of carbonyl (C=O) groups excluding carboxylic acids is 1. The summed E-state index contributed by atoms with van der Waals surface area (Å²) in [5, 5.41) is 17.9. The normalized spacial score (nSPS) is 19.1. The molecule has 1 amide bonds. The summed E-state index contributed by atoms with van der Waals surface area (Å²) < 4.78 is 0. The Balaban J connectivity index is 1.77. The third kappa shape index (κ3) is 4.80. The van der Waals surface area contributed by atoms with Crippen LogP contribution in [0.1, 0.15) is 43.9 Å². The maximum absolute atomic E-state index is 11.9. The summed E-state index contributed by atoms with van der Waals surface area (Å²) in [5.74, 6) is 0.445.